The van der Waals surface area contributed by atoms with Crippen molar-refractivity contribution in [2.24, 2.45) is 0 Å². The molecule has 0 saturated carbocycles. The van der Waals surface area contributed by atoms with Crippen molar-refractivity contribution in [3.05, 3.63) is 24.3 Å². The molecule has 2 rings (SSSR count). The standard InChI is InChI=1S/C12H14O8/c13-5-1-3-6(4-2-5)19-12(18)10-8(15)7(14)9(16)11(17)20-10/h1-4,7-11,13-17H/t7-,8+,9+,10-,11-/m1/s1. The summed E-state index contributed by atoms with van der Waals surface area (Å²) in [6.45, 7) is 0. The average Bonchev–Trinajstić information content (AvgIpc) is 2.43. The molecule has 20 heavy (non-hydrogen) atoms. The van der Waals surface area contributed by atoms with Crippen LogP contribution in [0.1, 0.15) is 0 Å². The van der Waals surface area contributed by atoms with Crippen LogP contribution in [0, 0.1) is 0 Å². The smallest absolute Gasteiger partial charge is 0.343 e. The van der Waals surface area contributed by atoms with E-state index in [2.05, 4.69) is 0 Å². The number of rotatable bonds is 2. The van der Waals surface area contributed by atoms with Crippen LogP contribution in [-0.2, 0) is 9.53 Å². The highest BCUT2D eigenvalue weighted by atomic mass is 16.7. The van der Waals surface area contributed by atoms with Gasteiger partial charge >= 0.3 is 5.97 Å². The molecule has 1 aromatic rings. The van der Waals surface area contributed by atoms with Crippen molar-refractivity contribution in [2.75, 3.05) is 0 Å². The first kappa shape index (κ1) is 14.7. The first-order valence-electron chi connectivity index (χ1n) is 5.78. The highest BCUT2D eigenvalue weighted by Gasteiger charge is 2.47. The van der Waals surface area contributed by atoms with Gasteiger partial charge in [-0.1, -0.05) is 0 Å². The summed E-state index contributed by atoms with van der Waals surface area (Å²) in [6.07, 6.45) is -8.65. The van der Waals surface area contributed by atoms with Crippen LogP contribution >= 0.6 is 0 Å². The second-order valence-electron chi connectivity index (χ2n) is 4.33. The summed E-state index contributed by atoms with van der Waals surface area (Å²) in [4.78, 5) is 11.8. The fourth-order valence-electron chi connectivity index (χ4n) is 1.74. The minimum absolute atomic E-state index is 0.0206. The van der Waals surface area contributed by atoms with Crippen LogP contribution in [0.4, 0.5) is 0 Å². The third kappa shape index (κ3) is 2.89. The number of ether oxygens (including phenoxy) is 2. The summed E-state index contributed by atoms with van der Waals surface area (Å²) in [7, 11) is 0. The Labute approximate surface area is 113 Å². The number of phenols is 1. The van der Waals surface area contributed by atoms with Gasteiger partial charge in [-0.05, 0) is 24.3 Å². The lowest BCUT2D eigenvalue weighted by molar-refractivity contribution is -0.279. The normalized spacial score (nSPS) is 33.7. The van der Waals surface area contributed by atoms with E-state index in [1.165, 1.54) is 24.3 Å². The van der Waals surface area contributed by atoms with Crippen LogP contribution in [0.3, 0.4) is 0 Å². The average molecular weight is 286 g/mol. The Morgan fingerprint density at radius 3 is 2.20 bits per heavy atom. The number of hydrogen-bond donors (Lipinski definition) is 5. The maximum atomic E-state index is 11.8. The number of aromatic hydroxyl groups is 1. The van der Waals surface area contributed by atoms with Crippen molar-refractivity contribution in [3.8, 4) is 11.5 Å². The van der Waals surface area contributed by atoms with Crippen molar-refractivity contribution >= 4 is 5.97 Å². The van der Waals surface area contributed by atoms with Crippen LogP contribution in [0.25, 0.3) is 0 Å². The Morgan fingerprint density at radius 2 is 1.60 bits per heavy atom. The zero-order valence-corrected chi connectivity index (χ0v) is 10.2. The van der Waals surface area contributed by atoms with Crippen LogP contribution < -0.4 is 4.74 Å². The molecule has 1 aliphatic rings. The van der Waals surface area contributed by atoms with E-state index in [1.54, 1.807) is 0 Å². The number of phenolic OH excluding ortho intramolecular Hbond substituents is 1. The molecule has 0 radical (unpaired) electrons. The number of carbonyl (C=O) groups is 1. The number of aliphatic hydroxyl groups is 4. The number of benzene rings is 1. The summed E-state index contributed by atoms with van der Waals surface area (Å²) < 4.78 is 9.58. The number of carbonyl (C=O) groups excluding carboxylic acids is 1. The predicted octanol–water partition coefficient (Wildman–Crippen LogP) is -1.90. The Hall–Kier alpha value is -1.71. The lowest BCUT2D eigenvalue weighted by Gasteiger charge is -2.36. The predicted molar refractivity (Wildman–Crippen MR) is 62.6 cm³/mol. The van der Waals surface area contributed by atoms with Gasteiger partial charge in [0.05, 0.1) is 0 Å². The minimum atomic E-state index is -1.81. The van der Waals surface area contributed by atoms with Gasteiger partial charge in [0, 0.05) is 0 Å². The molecule has 0 spiro atoms. The number of aliphatic hydroxyl groups excluding tert-OH is 4. The quantitative estimate of drug-likeness (QED) is 0.314. The van der Waals surface area contributed by atoms with Crippen molar-refractivity contribution in [2.45, 2.75) is 30.7 Å². The van der Waals surface area contributed by atoms with E-state index in [-0.39, 0.29) is 11.5 Å². The molecule has 1 heterocycles. The van der Waals surface area contributed by atoms with Gasteiger partial charge in [0.2, 0.25) is 0 Å². The Balaban J connectivity index is 2.06. The van der Waals surface area contributed by atoms with Crippen LogP contribution in [0.5, 0.6) is 11.5 Å². The summed E-state index contributed by atoms with van der Waals surface area (Å²) >= 11 is 0. The Kier molecular flexibility index (Phi) is 4.21. The van der Waals surface area contributed by atoms with Gasteiger partial charge in [-0.3, -0.25) is 0 Å². The van der Waals surface area contributed by atoms with Crippen LogP contribution in [0.2, 0.25) is 0 Å². The maximum absolute atomic E-state index is 11.8. The van der Waals surface area contributed by atoms with Gasteiger partial charge in [-0.25, -0.2) is 4.79 Å². The van der Waals surface area contributed by atoms with E-state index < -0.39 is 36.7 Å². The largest absolute Gasteiger partial charge is 0.508 e. The molecule has 1 aliphatic heterocycles. The molecular formula is C12H14O8. The molecule has 1 aromatic carbocycles. The van der Waals surface area contributed by atoms with E-state index in [0.717, 1.165) is 0 Å². The van der Waals surface area contributed by atoms with Gasteiger partial charge in [-0.15, -0.1) is 0 Å². The fourth-order valence-corrected chi connectivity index (χ4v) is 1.74. The summed E-state index contributed by atoms with van der Waals surface area (Å²) in [5.74, 6) is -0.986. The van der Waals surface area contributed by atoms with E-state index in [9.17, 15) is 25.2 Å². The van der Waals surface area contributed by atoms with E-state index in [4.69, 9.17) is 14.6 Å². The number of esters is 1. The third-order valence-corrected chi connectivity index (χ3v) is 2.88. The maximum Gasteiger partial charge on any atom is 0.343 e. The minimum Gasteiger partial charge on any atom is -0.508 e. The molecule has 0 aromatic heterocycles. The summed E-state index contributed by atoms with van der Waals surface area (Å²) in [6, 6.07) is 5.19. The Bertz CT molecular complexity index is 473. The molecule has 1 fully saturated rings. The molecule has 5 N–H and O–H groups in total. The van der Waals surface area contributed by atoms with E-state index in [1.807, 2.05) is 0 Å². The summed E-state index contributed by atoms with van der Waals surface area (Å²) in [5, 5.41) is 46.7. The number of hydrogen-bond acceptors (Lipinski definition) is 8. The lowest BCUT2D eigenvalue weighted by Crippen LogP contribution is -2.60. The van der Waals surface area contributed by atoms with Gasteiger partial charge in [0.25, 0.3) is 0 Å². The molecule has 0 bridgehead atoms. The molecule has 0 unspecified atom stereocenters. The van der Waals surface area contributed by atoms with Gasteiger partial charge in [0.1, 0.15) is 29.8 Å². The first-order valence-corrected chi connectivity index (χ1v) is 5.78. The first-order chi connectivity index (χ1) is 9.40. The van der Waals surface area contributed by atoms with E-state index >= 15 is 0 Å². The summed E-state index contributed by atoms with van der Waals surface area (Å²) in [5.41, 5.74) is 0. The van der Waals surface area contributed by atoms with Crippen molar-refractivity contribution in [1.82, 2.24) is 0 Å². The zero-order valence-electron chi connectivity index (χ0n) is 10.2. The van der Waals surface area contributed by atoms with Gasteiger partial charge in [0.15, 0.2) is 12.4 Å². The van der Waals surface area contributed by atoms with Crippen LogP contribution in [0.15, 0.2) is 24.3 Å². The second kappa shape index (κ2) is 5.73. The molecule has 1 saturated heterocycles. The van der Waals surface area contributed by atoms with Crippen molar-refractivity contribution in [1.29, 1.82) is 0 Å². The highest BCUT2D eigenvalue weighted by molar-refractivity contribution is 5.78. The Morgan fingerprint density at radius 1 is 1.00 bits per heavy atom. The third-order valence-electron chi connectivity index (χ3n) is 2.88. The monoisotopic (exact) mass is 286 g/mol. The van der Waals surface area contributed by atoms with Crippen molar-refractivity contribution in [3.63, 3.8) is 0 Å². The van der Waals surface area contributed by atoms with Crippen molar-refractivity contribution < 1.29 is 39.8 Å². The van der Waals surface area contributed by atoms with E-state index in [0.29, 0.717) is 0 Å². The molecule has 110 valence electrons. The second-order valence-corrected chi connectivity index (χ2v) is 4.33. The lowest BCUT2D eigenvalue weighted by atomic mass is 9.99. The topological polar surface area (TPSA) is 137 Å². The SMILES string of the molecule is O=C(Oc1ccc(O)cc1)[C@@H]1O[C@@H](O)[C@@H](O)[C@H](O)[C@@H]1O. The zero-order chi connectivity index (χ0) is 14.9. The molecule has 0 amide bonds. The fraction of sp³-hybridized carbons (Fsp3) is 0.417. The van der Waals surface area contributed by atoms with Gasteiger partial charge < -0.3 is 35.0 Å². The molecule has 5 atom stereocenters. The molecular weight excluding hydrogens is 272 g/mol. The molecule has 0 aliphatic carbocycles. The van der Waals surface area contributed by atoms with Gasteiger partial charge in [-0.2, -0.15) is 0 Å². The molecule has 8 heteroatoms. The molecule has 8 nitrogen and oxygen atoms in total. The van der Waals surface area contributed by atoms with Crippen LogP contribution in [-0.4, -0.2) is 62.2 Å². The highest BCUT2D eigenvalue weighted by Crippen LogP contribution is 2.22.